The van der Waals surface area contributed by atoms with Gasteiger partial charge in [0.25, 0.3) is 0 Å². The number of rotatable bonds is 4. The summed E-state index contributed by atoms with van der Waals surface area (Å²) in [5, 5.41) is 12.6. The molecule has 1 atom stereocenters. The first kappa shape index (κ1) is 16.3. The molecule has 1 unspecified atom stereocenters. The molecule has 1 aromatic rings. The largest absolute Gasteiger partial charge is 0.392 e. The Morgan fingerprint density at radius 2 is 1.83 bits per heavy atom. The van der Waals surface area contributed by atoms with E-state index in [1.165, 1.54) is 24.9 Å². The third-order valence-corrected chi connectivity index (χ3v) is 4.72. The number of β-amino-alcohol motifs (C(OH)–C–C–N with tert-alkyl or cyclic N) is 1. The predicted octanol–water partition coefficient (Wildman–Crippen LogP) is 2.07. The summed E-state index contributed by atoms with van der Waals surface area (Å²) in [6, 6.07) is 8.14. The van der Waals surface area contributed by atoms with E-state index in [2.05, 4.69) is 22.3 Å². The molecular weight excluding hydrogens is 290 g/mol. The van der Waals surface area contributed by atoms with E-state index in [0.717, 1.165) is 38.2 Å². The summed E-state index contributed by atoms with van der Waals surface area (Å²) < 4.78 is 0. The maximum absolute atomic E-state index is 12.1. The molecule has 1 amide bonds. The van der Waals surface area contributed by atoms with Gasteiger partial charge >= 0.3 is 0 Å². The van der Waals surface area contributed by atoms with Crippen molar-refractivity contribution < 1.29 is 9.90 Å². The molecule has 2 aliphatic heterocycles. The number of nitrogens with one attached hydrogen (secondary N) is 1. The van der Waals surface area contributed by atoms with Gasteiger partial charge in [0, 0.05) is 31.0 Å². The maximum atomic E-state index is 12.1. The lowest BCUT2D eigenvalue weighted by Gasteiger charge is -2.29. The maximum Gasteiger partial charge on any atom is 0.238 e. The van der Waals surface area contributed by atoms with Gasteiger partial charge < -0.3 is 15.3 Å². The lowest BCUT2D eigenvalue weighted by Crippen LogP contribution is -2.42. The minimum atomic E-state index is -0.291. The van der Waals surface area contributed by atoms with Crippen molar-refractivity contribution in [1.29, 1.82) is 0 Å². The van der Waals surface area contributed by atoms with Crippen LogP contribution in [-0.2, 0) is 4.79 Å². The summed E-state index contributed by atoms with van der Waals surface area (Å²) in [6.45, 7) is 4.09. The minimum Gasteiger partial charge on any atom is -0.392 e. The van der Waals surface area contributed by atoms with E-state index in [4.69, 9.17) is 0 Å². The first-order chi connectivity index (χ1) is 11.2. The average Bonchev–Trinajstić information content (AvgIpc) is 2.56. The van der Waals surface area contributed by atoms with Gasteiger partial charge in [-0.3, -0.25) is 9.69 Å². The number of amides is 1. The van der Waals surface area contributed by atoms with Gasteiger partial charge in [0.1, 0.15) is 0 Å². The van der Waals surface area contributed by atoms with Crippen LogP contribution < -0.4 is 10.2 Å². The number of hydrogen-bond donors (Lipinski definition) is 2. The van der Waals surface area contributed by atoms with Gasteiger partial charge in [0.05, 0.1) is 12.6 Å². The number of piperidine rings is 2. The smallest absolute Gasteiger partial charge is 0.238 e. The number of likely N-dealkylation sites (tertiary alicyclic amines) is 1. The standard InChI is InChI=1S/C18H27N3O2/c22-17-5-4-10-20(13-17)14-18(23)19-15-6-8-16(9-7-15)21-11-2-1-3-12-21/h6-9,17,22H,1-5,10-14H2,(H,19,23). The molecule has 1 aromatic carbocycles. The molecule has 2 aliphatic rings. The van der Waals surface area contributed by atoms with E-state index in [9.17, 15) is 9.90 Å². The number of nitrogens with zero attached hydrogens (tertiary/aromatic N) is 2. The second-order valence-electron chi connectivity index (χ2n) is 6.67. The Morgan fingerprint density at radius 3 is 2.52 bits per heavy atom. The fraction of sp³-hybridized carbons (Fsp3) is 0.611. The van der Waals surface area contributed by atoms with Crippen LogP contribution in [0.3, 0.4) is 0 Å². The fourth-order valence-corrected chi connectivity index (χ4v) is 3.49. The van der Waals surface area contributed by atoms with Crippen LogP contribution in [0.1, 0.15) is 32.1 Å². The number of carbonyl (C=O) groups excluding carboxylic acids is 1. The van der Waals surface area contributed by atoms with Gasteiger partial charge in [-0.25, -0.2) is 0 Å². The van der Waals surface area contributed by atoms with Crippen molar-refractivity contribution >= 4 is 17.3 Å². The van der Waals surface area contributed by atoms with Gasteiger partial charge in [-0.1, -0.05) is 0 Å². The molecule has 0 radical (unpaired) electrons. The molecular formula is C18H27N3O2. The van der Waals surface area contributed by atoms with Crippen molar-refractivity contribution in [2.75, 3.05) is 42.9 Å². The van der Waals surface area contributed by atoms with E-state index in [1.54, 1.807) is 0 Å². The fourth-order valence-electron chi connectivity index (χ4n) is 3.49. The molecule has 0 saturated carbocycles. The Kier molecular flexibility index (Phi) is 5.51. The number of anilines is 2. The van der Waals surface area contributed by atoms with Crippen LogP contribution in [0.25, 0.3) is 0 Å². The summed E-state index contributed by atoms with van der Waals surface area (Å²) in [4.78, 5) is 16.6. The van der Waals surface area contributed by atoms with Crippen molar-refractivity contribution in [3.05, 3.63) is 24.3 Å². The number of aliphatic hydroxyl groups excluding tert-OH is 1. The predicted molar refractivity (Wildman–Crippen MR) is 92.8 cm³/mol. The molecule has 2 saturated heterocycles. The molecule has 0 aliphatic carbocycles. The van der Waals surface area contributed by atoms with Crippen molar-refractivity contribution in [3.8, 4) is 0 Å². The normalized spacial score (nSPS) is 22.8. The van der Waals surface area contributed by atoms with Gasteiger partial charge in [0.15, 0.2) is 0 Å². The monoisotopic (exact) mass is 317 g/mol. The minimum absolute atomic E-state index is 0.00942. The highest BCUT2D eigenvalue weighted by molar-refractivity contribution is 5.92. The zero-order chi connectivity index (χ0) is 16.1. The summed E-state index contributed by atoms with van der Waals surface area (Å²) in [5.41, 5.74) is 2.08. The van der Waals surface area contributed by atoms with E-state index in [-0.39, 0.29) is 12.0 Å². The third-order valence-electron chi connectivity index (χ3n) is 4.72. The second kappa shape index (κ2) is 7.79. The lowest BCUT2D eigenvalue weighted by molar-refractivity contribution is -0.118. The van der Waals surface area contributed by atoms with Crippen LogP contribution in [0.2, 0.25) is 0 Å². The highest BCUT2D eigenvalue weighted by atomic mass is 16.3. The number of carbonyl (C=O) groups is 1. The van der Waals surface area contributed by atoms with Crippen LogP contribution in [0.15, 0.2) is 24.3 Å². The zero-order valence-electron chi connectivity index (χ0n) is 13.7. The average molecular weight is 317 g/mol. The SMILES string of the molecule is O=C(CN1CCCC(O)C1)Nc1ccc(N2CCCCC2)cc1. The van der Waals surface area contributed by atoms with Crippen molar-refractivity contribution in [2.45, 2.75) is 38.2 Å². The van der Waals surface area contributed by atoms with Gasteiger partial charge in [-0.2, -0.15) is 0 Å². The molecule has 0 aromatic heterocycles. The molecule has 2 heterocycles. The highest BCUT2D eigenvalue weighted by Crippen LogP contribution is 2.21. The third kappa shape index (κ3) is 4.69. The molecule has 5 heteroatoms. The summed E-state index contributed by atoms with van der Waals surface area (Å²) in [7, 11) is 0. The van der Waals surface area contributed by atoms with E-state index >= 15 is 0 Å². The van der Waals surface area contributed by atoms with Crippen LogP contribution in [0.4, 0.5) is 11.4 Å². The topological polar surface area (TPSA) is 55.8 Å². The molecule has 0 bridgehead atoms. The van der Waals surface area contributed by atoms with Gasteiger partial charge in [-0.05, 0) is 62.9 Å². The Morgan fingerprint density at radius 1 is 1.09 bits per heavy atom. The molecule has 3 rings (SSSR count). The van der Waals surface area contributed by atoms with Crippen LogP contribution in [0, 0.1) is 0 Å². The Balaban J connectivity index is 1.50. The summed E-state index contributed by atoms with van der Waals surface area (Å²) in [5.74, 6) is -0.00942. The molecule has 23 heavy (non-hydrogen) atoms. The summed E-state index contributed by atoms with van der Waals surface area (Å²) >= 11 is 0. The molecule has 0 spiro atoms. The molecule has 5 nitrogen and oxygen atoms in total. The first-order valence-corrected chi connectivity index (χ1v) is 8.76. The quantitative estimate of drug-likeness (QED) is 0.893. The number of aliphatic hydroxyl groups is 1. The van der Waals surface area contributed by atoms with Crippen LogP contribution >= 0.6 is 0 Å². The van der Waals surface area contributed by atoms with E-state index in [1.807, 2.05) is 17.0 Å². The van der Waals surface area contributed by atoms with Crippen molar-refractivity contribution in [1.82, 2.24) is 4.90 Å². The Hall–Kier alpha value is -1.59. The first-order valence-electron chi connectivity index (χ1n) is 8.76. The summed E-state index contributed by atoms with van der Waals surface area (Å²) in [6.07, 6.45) is 5.37. The van der Waals surface area contributed by atoms with Crippen LogP contribution in [0.5, 0.6) is 0 Å². The molecule has 2 N–H and O–H groups in total. The van der Waals surface area contributed by atoms with Gasteiger partial charge in [0.2, 0.25) is 5.91 Å². The Bertz CT molecular complexity index is 512. The van der Waals surface area contributed by atoms with Gasteiger partial charge in [-0.15, -0.1) is 0 Å². The van der Waals surface area contributed by atoms with E-state index < -0.39 is 0 Å². The highest BCUT2D eigenvalue weighted by Gasteiger charge is 2.19. The second-order valence-corrected chi connectivity index (χ2v) is 6.67. The molecule has 126 valence electrons. The van der Waals surface area contributed by atoms with Crippen LogP contribution in [-0.4, -0.2) is 54.7 Å². The van der Waals surface area contributed by atoms with Crippen molar-refractivity contribution in [3.63, 3.8) is 0 Å². The Labute approximate surface area is 138 Å². The van der Waals surface area contributed by atoms with E-state index in [0.29, 0.717) is 13.1 Å². The van der Waals surface area contributed by atoms with Crippen molar-refractivity contribution in [2.24, 2.45) is 0 Å². The zero-order valence-corrected chi connectivity index (χ0v) is 13.7. The molecule has 2 fully saturated rings. The lowest BCUT2D eigenvalue weighted by atomic mass is 10.1. The number of hydrogen-bond acceptors (Lipinski definition) is 4. The number of benzene rings is 1.